The molecule has 0 bridgehead atoms. The summed E-state index contributed by atoms with van der Waals surface area (Å²) >= 11 is 0. The topological polar surface area (TPSA) is 35.2 Å². The van der Waals surface area contributed by atoms with Gasteiger partial charge in [0.25, 0.3) is 8.32 Å². The SMILES string of the molecule is CC(C)C[C@H](N)C=CCCO[Si](c1ccccc1)(c1ccccc1)C(C)(C)C.Cl. The summed E-state index contributed by atoms with van der Waals surface area (Å²) in [5.41, 5.74) is 6.18. The van der Waals surface area contributed by atoms with E-state index in [-0.39, 0.29) is 23.5 Å². The van der Waals surface area contributed by atoms with Crippen LogP contribution in [0, 0.1) is 5.92 Å². The highest BCUT2D eigenvalue weighted by molar-refractivity contribution is 6.99. The Morgan fingerprint density at radius 3 is 1.83 bits per heavy atom. The average Bonchev–Trinajstić information content (AvgIpc) is 2.64. The summed E-state index contributed by atoms with van der Waals surface area (Å²) in [4.78, 5) is 0. The first-order valence-corrected chi connectivity index (χ1v) is 12.4. The van der Waals surface area contributed by atoms with Crippen LogP contribution in [0.4, 0.5) is 0 Å². The molecule has 2 aromatic carbocycles. The highest BCUT2D eigenvalue weighted by atomic mass is 35.5. The van der Waals surface area contributed by atoms with Gasteiger partial charge in [0, 0.05) is 12.6 Å². The van der Waals surface area contributed by atoms with Gasteiger partial charge in [-0.05, 0) is 34.2 Å². The third kappa shape index (κ3) is 6.82. The molecule has 160 valence electrons. The van der Waals surface area contributed by atoms with E-state index in [0.29, 0.717) is 12.5 Å². The maximum absolute atomic E-state index is 6.88. The fourth-order valence-corrected chi connectivity index (χ4v) is 8.52. The largest absolute Gasteiger partial charge is 0.407 e. The van der Waals surface area contributed by atoms with Crippen molar-refractivity contribution >= 4 is 31.1 Å². The van der Waals surface area contributed by atoms with Crippen LogP contribution in [0.1, 0.15) is 47.5 Å². The molecule has 2 rings (SSSR count). The predicted octanol–water partition coefficient (Wildman–Crippen LogP) is 5.30. The van der Waals surface area contributed by atoms with Crippen LogP contribution in [-0.2, 0) is 4.43 Å². The third-order valence-corrected chi connectivity index (χ3v) is 10.2. The molecule has 0 spiro atoms. The highest BCUT2D eigenvalue weighted by Crippen LogP contribution is 2.36. The van der Waals surface area contributed by atoms with Gasteiger partial charge >= 0.3 is 0 Å². The van der Waals surface area contributed by atoms with Crippen LogP contribution in [0.2, 0.25) is 5.04 Å². The van der Waals surface area contributed by atoms with Crippen molar-refractivity contribution in [2.24, 2.45) is 11.7 Å². The fraction of sp³-hybridized carbons (Fsp3) is 0.440. The van der Waals surface area contributed by atoms with E-state index in [1.54, 1.807) is 0 Å². The number of hydrogen-bond donors (Lipinski definition) is 1. The number of rotatable bonds is 9. The molecule has 2 N–H and O–H groups in total. The van der Waals surface area contributed by atoms with Gasteiger partial charge in [-0.1, -0.05) is 107 Å². The Labute approximate surface area is 185 Å². The fourth-order valence-electron chi connectivity index (χ4n) is 3.94. The van der Waals surface area contributed by atoms with Crippen molar-refractivity contribution in [1.29, 1.82) is 0 Å². The Balaban J connectivity index is 0.00000420. The summed E-state index contributed by atoms with van der Waals surface area (Å²) in [6.07, 6.45) is 6.22. The quantitative estimate of drug-likeness (QED) is 0.332. The van der Waals surface area contributed by atoms with Crippen LogP contribution in [0.25, 0.3) is 0 Å². The van der Waals surface area contributed by atoms with E-state index in [2.05, 4.69) is 107 Å². The van der Waals surface area contributed by atoms with Crippen molar-refractivity contribution in [3.05, 3.63) is 72.8 Å². The van der Waals surface area contributed by atoms with E-state index in [4.69, 9.17) is 10.2 Å². The second-order valence-electron chi connectivity index (χ2n) is 9.02. The molecule has 0 saturated heterocycles. The lowest BCUT2D eigenvalue weighted by molar-refractivity contribution is 0.304. The van der Waals surface area contributed by atoms with Gasteiger partial charge in [-0.3, -0.25) is 0 Å². The van der Waals surface area contributed by atoms with E-state index in [0.717, 1.165) is 12.8 Å². The predicted molar refractivity (Wildman–Crippen MR) is 132 cm³/mol. The zero-order chi connectivity index (χ0) is 20.6. The molecule has 2 nitrogen and oxygen atoms in total. The Bertz CT molecular complexity index is 686. The second-order valence-corrected chi connectivity index (χ2v) is 13.3. The normalized spacial score (nSPS) is 13.5. The second kappa shape index (κ2) is 11.7. The van der Waals surface area contributed by atoms with E-state index in [1.807, 2.05) is 0 Å². The summed E-state index contributed by atoms with van der Waals surface area (Å²) in [5.74, 6) is 0.619. The molecular weight excluding hydrogens is 394 g/mol. The van der Waals surface area contributed by atoms with Crippen molar-refractivity contribution in [3.8, 4) is 0 Å². The lowest BCUT2D eigenvalue weighted by atomic mass is 10.0. The van der Waals surface area contributed by atoms with Crippen LogP contribution in [-0.4, -0.2) is 21.0 Å². The Morgan fingerprint density at radius 2 is 1.41 bits per heavy atom. The van der Waals surface area contributed by atoms with E-state index in [9.17, 15) is 0 Å². The van der Waals surface area contributed by atoms with Crippen LogP contribution >= 0.6 is 12.4 Å². The number of hydrogen-bond acceptors (Lipinski definition) is 2. The third-order valence-electron chi connectivity index (χ3n) is 5.15. The Hall–Kier alpha value is -1.39. The zero-order valence-corrected chi connectivity index (χ0v) is 20.4. The van der Waals surface area contributed by atoms with Crippen molar-refractivity contribution in [1.82, 2.24) is 0 Å². The lowest BCUT2D eigenvalue weighted by Gasteiger charge is -2.43. The molecule has 0 aromatic heterocycles. The first-order chi connectivity index (χ1) is 13.3. The minimum absolute atomic E-state index is 0. The molecule has 0 fully saturated rings. The zero-order valence-electron chi connectivity index (χ0n) is 18.6. The van der Waals surface area contributed by atoms with E-state index < -0.39 is 8.32 Å². The monoisotopic (exact) mass is 431 g/mol. The van der Waals surface area contributed by atoms with Crippen LogP contribution < -0.4 is 16.1 Å². The summed E-state index contributed by atoms with van der Waals surface area (Å²) in [6, 6.07) is 21.7. The smallest absolute Gasteiger partial charge is 0.261 e. The highest BCUT2D eigenvalue weighted by Gasteiger charge is 2.49. The molecule has 0 heterocycles. The first-order valence-electron chi connectivity index (χ1n) is 10.4. The molecule has 0 unspecified atom stereocenters. The number of nitrogens with two attached hydrogens (primary N) is 1. The standard InChI is InChI=1S/C25H37NOSi.ClH/c1-21(2)20-22(26)14-12-13-19-27-28(25(3,4)5,23-15-8-6-9-16-23)24-17-10-7-11-18-24;/h6-12,14-18,21-22H,13,19-20,26H2,1-5H3;1H/t22-;/m1./s1. The molecule has 0 saturated carbocycles. The summed E-state index contributed by atoms with van der Waals surface area (Å²) in [5, 5.41) is 2.68. The van der Waals surface area contributed by atoms with Gasteiger partial charge in [0.05, 0.1) is 0 Å². The molecule has 0 amide bonds. The lowest BCUT2D eigenvalue weighted by Crippen LogP contribution is -2.66. The summed E-state index contributed by atoms with van der Waals surface area (Å²) < 4.78 is 6.88. The molecule has 4 heteroatoms. The molecule has 0 aliphatic rings. The molecule has 29 heavy (non-hydrogen) atoms. The minimum atomic E-state index is -2.42. The Kier molecular flexibility index (Phi) is 10.4. The maximum atomic E-state index is 6.88. The summed E-state index contributed by atoms with van der Waals surface area (Å²) in [7, 11) is -2.42. The molecule has 0 aliphatic heterocycles. The molecular formula is C25H38ClNOSi. The Morgan fingerprint density at radius 1 is 0.931 bits per heavy atom. The van der Waals surface area contributed by atoms with Crippen LogP contribution in [0.5, 0.6) is 0 Å². The van der Waals surface area contributed by atoms with Crippen molar-refractivity contribution < 1.29 is 4.43 Å². The van der Waals surface area contributed by atoms with Gasteiger partial charge in [-0.15, -0.1) is 12.4 Å². The van der Waals surface area contributed by atoms with Gasteiger partial charge in [0.15, 0.2) is 0 Å². The van der Waals surface area contributed by atoms with Crippen LogP contribution in [0.15, 0.2) is 72.8 Å². The number of halogens is 1. The minimum Gasteiger partial charge on any atom is -0.407 e. The maximum Gasteiger partial charge on any atom is 0.261 e. The average molecular weight is 432 g/mol. The van der Waals surface area contributed by atoms with Crippen molar-refractivity contribution in [2.45, 2.75) is 58.5 Å². The number of benzene rings is 2. The van der Waals surface area contributed by atoms with E-state index in [1.165, 1.54) is 10.4 Å². The van der Waals surface area contributed by atoms with Gasteiger partial charge < -0.3 is 10.2 Å². The van der Waals surface area contributed by atoms with Crippen LogP contribution in [0.3, 0.4) is 0 Å². The van der Waals surface area contributed by atoms with Gasteiger partial charge in [0.1, 0.15) is 0 Å². The van der Waals surface area contributed by atoms with Crippen molar-refractivity contribution in [2.75, 3.05) is 6.61 Å². The first kappa shape index (κ1) is 25.6. The van der Waals surface area contributed by atoms with E-state index >= 15 is 0 Å². The molecule has 0 radical (unpaired) electrons. The van der Waals surface area contributed by atoms with Gasteiger partial charge in [-0.25, -0.2) is 0 Å². The molecule has 1 atom stereocenters. The van der Waals surface area contributed by atoms with Crippen molar-refractivity contribution in [3.63, 3.8) is 0 Å². The van der Waals surface area contributed by atoms with Gasteiger partial charge in [-0.2, -0.15) is 0 Å². The molecule has 2 aromatic rings. The molecule has 0 aliphatic carbocycles. The summed E-state index contributed by atoms with van der Waals surface area (Å²) in [6.45, 7) is 12.1. The van der Waals surface area contributed by atoms with Gasteiger partial charge in [0.2, 0.25) is 0 Å².